The van der Waals surface area contributed by atoms with Gasteiger partial charge in [0.1, 0.15) is 5.76 Å². The molecule has 2 amide bonds. The minimum Gasteiger partial charge on any atom is -0.467 e. The van der Waals surface area contributed by atoms with Gasteiger partial charge < -0.3 is 9.32 Å². The Morgan fingerprint density at radius 1 is 1.29 bits per heavy atom. The van der Waals surface area contributed by atoms with Gasteiger partial charge in [-0.25, -0.2) is 4.98 Å². The topological polar surface area (TPSA) is 79.5 Å². The zero-order valence-corrected chi connectivity index (χ0v) is 16.1. The number of thiazole rings is 1. The van der Waals surface area contributed by atoms with Crippen molar-refractivity contribution >= 4 is 28.3 Å². The van der Waals surface area contributed by atoms with E-state index in [4.69, 9.17) is 4.42 Å². The maximum absolute atomic E-state index is 13.0. The number of pyridine rings is 1. The third kappa shape index (κ3) is 4.28. The molecular formula is C20H20N4O3S. The van der Waals surface area contributed by atoms with E-state index >= 15 is 0 Å². The van der Waals surface area contributed by atoms with Crippen molar-refractivity contribution in [2.24, 2.45) is 0 Å². The van der Waals surface area contributed by atoms with Gasteiger partial charge in [-0.15, -0.1) is 11.3 Å². The van der Waals surface area contributed by atoms with E-state index < -0.39 is 0 Å². The van der Waals surface area contributed by atoms with Crippen molar-refractivity contribution in [3.63, 3.8) is 0 Å². The number of carbonyl (C=O) groups excluding carboxylic acids is 2. The Bertz CT molecular complexity index is 940. The largest absolute Gasteiger partial charge is 0.467 e. The van der Waals surface area contributed by atoms with E-state index in [0.29, 0.717) is 36.9 Å². The molecule has 0 bridgehead atoms. The lowest BCUT2D eigenvalue weighted by Crippen LogP contribution is -2.31. The molecular weight excluding hydrogens is 376 g/mol. The molecule has 144 valence electrons. The second-order valence-electron chi connectivity index (χ2n) is 6.64. The van der Waals surface area contributed by atoms with Gasteiger partial charge in [-0.2, -0.15) is 0 Å². The van der Waals surface area contributed by atoms with Crippen molar-refractivity contribution in [3.05, 3.63) is 65.3 Å². The summed E-state index contributed by atoms with van der Waals surface area (Å²) < 4.78 is 5.42. The molecule has 1 aliphatic heterocycles. The molecule has 4 rings (SSSR count). The second-order valence-corrected chi connectivity index (χ2v) is 7.47. The van der Waals surface area contributed by atoms with Crippen molar-refractivity contribution in [2.45, 2.75) is 32.4 Å². The van der Waals surface area contributed by atoms with Crippen LogP contribution in [0.1, 0.15) is 29.9 Å². The van der Waals surface area contributed by atoms with Crippen LogP contribution in [0.3, 0.4) is 0 Å². The lowest BCUT2D eigenvalue weighted by molar-refractivity contribution is -0.132. The van der Waals surface area contributed by atoms with Gasteiger partial charge in [-0.3, -0.25) is 19.5 Å². The molecule has 0 unspecified atom stereocenters. The molecule has 3 aromatic rings. The first-order chi connectivity index (χ1) is 13.7. The Kier molecular flexibility index (Phi) is 5.48. The van der Waals surface area contributed by atoms with E-state index in [1.807, 2.05) is 29.6 Å². The van der Waals surface area contributed by atoms with Gasteiger partial charge in [-0.05, 0) is 30.2 Å². The van der Waals surface area contributed by atoms with Gasteiger partial charge in [0.05, 0.1) is 24.9 Å². The second kappa shape index (κ2) is 8.35. The van der Waals surface area contributed by atoms with Gasteiger partial charge >= 0.3 is 0 Å². The molecule has 8 heteroatoms. The van der Waals surface area contributed by atoms with Crippen LogP contribution < -0.4 is 4.90 Å². The van der Waals surface area contributed by atoms with Crippen LogP contribution in [0.15, 0.2) is 52.7 Å². The predicted octanol–water partition coefficient (Wildman–Crippen LogP) is 3.03. The lowest BCUT2D eigenvalue weighted by Gasteiger charge is -2.21. The number of hydrogen-bond donors (Lipinski definition) is 0. The summed E-state index contributed by atoms with van der Waals surface area (Å²) in [6.45, 7) is 1.52. The molecule has 0 N–H and O–H groups in total. The number of nitrogens with zero attached hydrogens (tertiary/aromatic N) is 4. The van der Waals surface area contributed by atoms with Crippen molar-refractivity contribution < 1.29 is 14.0 Å². The van der Waals surface area contributed by atoms with Crippen LogP contribution >= 0.6 is 11.3 Å². The minimum absolute atomic E-state index is 0.0511. The number of furan rings is 1. The Balaban J connectivity index is 1.47. The van der Waals surface area contributed by atoms with E-state index in [-0.39, 0.29) is 18.2 Å². The summed E-state index contributed by atoms with van der Waals surface area (Å²) in [6.07, 6.45) is 6.66. The fraction of sp³-hybridized carbons (Fsp3) is 0.300. The number of amides is 2. The van der Waals surface area contributed by atoms with Gasteiger partial charge in [0.25, 0.3) is 0 Å². The molecule has 0 atom stereocenters. The van der Waals surface area contributed by atoms with Crippen LogP contribution in [0.5, 0.6) is 0 Å². The van der Waals surface area contributed by atoms with Crippen molar-refractivity contribution in [3.8, 4) is 0 Å². The van der Waals surface area contributed by atoms with Crippen LogP contribution in [0.4, 0.5) is 5.13 Å². The molecule has 0 aliphatic carbocycles. The average molecular weight is 396 g/mol. The summed E-state index contributed by atoms with van der Waals surface area (Å²) in [6, 6.07) is 7.45. The first kappa shape index (κ1) is 18.4. The molecule has 3 aromatic heterocycles. The SMILES string of the molecule is O=C(Cc1csc(N2CCCC2=O)n1)N(Cc1cccnc1)Cc1ccco1. The maximum atomic E-state index is 13.0. The van der Waals surface area contributed by atoms with Crippen molar-refractivity contribution in [1.29, 1.82) is 0 Å². The standard InChI is InChI=1S/C20H20N4O3S/c25-18-6-2-8-24(18)20-22-16(14-28-20)10-19(26)23(13-17-5-3-9-27-17)12-15-4-1-7-21-11-15/h1,3-5,7,9,11,14H,2,6,8,10,12-13H2. The fourth-order valence-corrected chi connectivity index (χ4v) is 4.02. The Morgan fingerprint density at radius 2 is 2.21 bits per heavy atom. The zero-order chi connectivity index (χ0) is 19.3. The molecule has 0 saturated carbocycles. The molecule has 1 saturated heterocycles. The monoisotopic (exact) mass is 396 g/mol. The van der Waals surface area contributed by atoms with Crippen molar-refractivity contribution in [1.82, 2.24) is 14.9 Å². The summed E-state index contributed by atoms with van der Waals surface area (Å²) in [4.78, 5) is 37.0. The van der Waals surface area contributed by atoms with E-state index in [1.165, 1.54) is 11.3 Å². The molecule has 1 fully saturated rings. The molecule has 0 radical (unpaired) electrons. The summed E-state index contributed by atoms with van der Waals surface area (Å²) in [5.41, 5.74) is 1.63. The molecule has 4 heterocycles. The average Bonchev–Trinajstić information content (AvgIpc) is 3.44. The third-order valence-corrected chi connectivity index (χ3v) is 5.46. The summed E-state index contributed by atoms with van der Waals surface area (Å²) >= 11 is 1.41. The van der Waals surface area contributed by atoms with Gasteiger partial charge in [0.2, 0.25) is 11.8 Å². The molecule has 0 spiro atoms. The van der Waals surface area contributed by atoms with E-state index in [0.717, 1.165) is 17.7 Å². The van der Waals surface area contributed by atoms with Crippen LogP contribution in [-0.4, -0.2) is 33.2 Å². The zero-order valence-electron chi connectivity index (χ0n) is 15.3. The van der Waals surface area contributed by atoms with Crippen molar-refractivity contribution in [2.75, 3.05) is 11.4 Å². The summed E-state index contributed by atoms with van der Waals surface area (Å²) in [7, 11) is 0. The Hall–Kier alpha value is -3.00. The number of carbonyl (C=O) groups is 2. The Morgan fingerprint density at radius 3 is 2.93 bits per heavy atom. The predicted molar refractivity (Wildman–Crippen MR) is 105 cm³/mol. The summed E-state index contributed by atoms with van der Waals surface area (Å²) in [5.74, 6) is 0.770. The normalized spacial score (nSPS) is 13.9. The minimum atomic E-state index is -0.0511. The van der Waals surface area contributed by atoms with Gasteiger partial charge in [0.15, 0.2) is 5.13 Å². The third-order valence-electron chi connectivity index (χ3n) is 4.55. The Labute approximate surface area is 166 Å². The number of rotatable bonds is 7. The first-order valence-corrected chi connectivity index (χ1v) is 10.0. The van der Waals surface area contributed by atoms with Gasteiger partial charge in [-0.1, -0.05) is 6.07 Å². The molecule has 28 heavy (non-hydrogen) atoms. The van der Waals surface area contributed by atoms with Gasteiger partial charge in [0, 0.05) is 37.3 Å². The number of anilines is 1. The highest BCUT2D eigenvalue weighted by atomic mass is 32.1. The fourth-order valence-electron chi connectivity index (χ4n) is 3.15. The van der Waals surface area contributed by atoms with E-state index in [9.17, 15) is 9.59 Å². The van der Waals surface area contributed by atoms with E-state index in [1.54, 1.807) is 28.5 Å². The van der Waals surface area contributed by atoms with Crippen LogP contribution in [-0.2, 0) is 29.1 Å². The lowest BCUT2D eigenvalue weighted by atomic mass is 10.2. The molecule has 7 nitrogen and oxygen atoms in total. The maximum Gasteiger partial charge on any atom is 0.229 e. The number of hydrogen-bond acceptors (Lipinski definition) is 6. The highest BCUT2D eigenvalue weighted by Gasteiger charge is 2.25. The van der Waals surface area contributed by atoms with Crippen LogP contribution in [0, 0.1) is 0 Å². The van der Waals surface area contributed by atoms with E-state index in [2.05, 4.69) is 9.97 Å². The van der Waals surface area contributed by atoms with Crippen LogP contribution in [0.25, 0.3) is 0 Å². The highest BCUT2D eigenvalue weighted by molar-refractivity contribution is 7.14. The quantitative estimate of drug-likeness (QED) is 0.613. The molecule has 1 aliphatic rings. The van der Waals surface area contributed by atoms with Crippen LogP contribution in [0.2, 0.25) is 0 Å². The first-order valence-electron chi connectivity index (χ1n) is 9.13. The summed E-state index contributed by atoms with van der Waals surface area (Å²) in [5, 5.41) is 2.53. The number of aromatic nitrogens is 2. The smallest absolute Gasteiger partial charge is 0.229 e. The molecule has 0 aromatic carbocycles. The highest BCUT2D eigenvalue weighted by Crippen LogP contribution is 2.25.